The largest absolute Gasteiger partial charge is 0.322 e. The summed E-state index contributed by atoms with van der Waals surface area (Å²) in [6, 6.07) is 10.7. The van der Waals surface area contributed by atoms with Crippen molar-refractivity contribution in [1.82, 2.24) is 0 Å². The number of amides is 1. The average Bonchev–Trinajstić information content (AvgIpc) is 2.35. The summed E-state index contributed by atoms with van der Waals surface area (Å²) in [6.45, 7) is 0. The third-order valence-electron chi connectivity index (χ3n) is 2.22. The Morgan fingerprint density at radius 2 is 2.06 bits per heavy atom. The van der Waals surface area contributed by atoms with Gasteiger partial charge in [-0.3, -0.25) is 4.79 Å². The predicted octanol–water partition coefficient (Wildman–Crippen LogP) is 3.67. The summed E-state index contributed by atoms with van der Waals surface area (Å²) in [5.74, 6) is -2.47. The van der Waals surface area contributed by atoms with E-state index in [-0.39, 0.29) is 5.02 Å². The van der Waals surface area contributed by atoms with Crippen molar-refractivity contribution < 1.29 is 13.6 Å². The van der Waals surface area contributed by atoms with Crippen LogP contribution in [0.1, 0.15) is 10.4 Å². The molecule has 1 N–H and O–H groups in total. The summed E-state index contributed by atoms with van der Waals surface area (Å²) in [5.41, 5.74) is 0.0398. The molecule has 0 bridgehead atoms. The molecular weight excluding hydrogens is 260 g/mol. The van der Waals surface area contributed by atoms with Gasteiger partial charge in [0.25, 0.3) is 5.91 Å². The molecule has 0 fully saturated rings. The normalized spacial score (nSPS) is 10.2. The molecule has 1 amide bonds. The minimum absolute atomic E-state index is 0.364. The summed E-state index contributed by atoms with van der Waals surface area (Å²) in [4.78, 5) is 11.7. The molecule has 0 unspecified atom stereocenters. The van der Waals surface area contributed by atoms with Crippen LogP contribution >= 0.6 is 11.6 Å². The molecule has 0 aliphatic carbocycles. The van der Waals surface area contributed by atoms with Crippen LogP contribution in [0.3, 0.4) is 0 Å². The Morgan fingerprint density at radius 3 is 2.72 bits per heavy atom. The van der Waals surface area contributed by atoms with Crippen molar-refractivity contribution in [3.8, 4) is 0 Å². The van der Waals surface area contributed by atoms with Crippen molar-refractivity contribution in [1.29, 1.82) is 0 Å². The maximum atomic E-state index is 13.5. The minimum atomic E-state index is -0.876. The standard InChI is InChI=1S/C13H7ClF2NO/c14-10-7-11(15)9(6-12(10)16)13(18)17-8-4-2-1-3-5-8/h1-2,4-7H,(H,17,18). The third kappa shape index (κ3) is 2.65. The molecule has 0 heterocycles. The Morgan fingerprint density at radius 1 is 1.28 bits per heavy atom. The van der Waals surface area contributed by atoms with Crippen molar-refractivity contribution in [3.05, 3.63) is 64.7 Å². The molecule has 2 aromatic rings. The summed E-state index contributed by atoms with van der Waals surface area (Å²) in [7, 11) is 0. The fraction of sp³-hybridized carbons (Fsp3) is 0. The molecule has 1 radical (unpaired) electrons. The summed E-state index contributed by atoms with van der Waals surface area (Å²) < 4.78 is 26.6. The number of nitrogens with one attached hydrogen (secondary N) is 1. The smallest absolute Gasteiger partial charge is 0.258 e. The van der Waals surface area contributed by atoms with E-state index in [0.29, 0.717) is 5.69 Å². The van der Waals surface area contributed by atoms with Gasteiger partial charge in [0.1, 0.15) is 11.6 Å². The van der Waals surface area contributed by atoms with E-state index in [4.69, 9.17) is 11.6 Å². The zero-order chi connectivity index (χ0) is 13.1. The highest BCUT2D eigenvalue weighted by Gasteiger charge is 2.15. The van der Waals surface area contributed by atoms with Gasteiger partial charge in [0.15, 0.2) is 0 Å². The number of hydrogen-bond acceptors (Lipinski definition) is 1. The van der Waals surface area contributed by atoms with Gasteiger partial charge in [-0.25, -0.2) is 8.78 Å². The van der Waals surface area contributed by atoms with Crippen LogP contribution in [-0.4, -0.2) is 5.91 Å². The lowest BCUT2D eigenvalue weighted by molar-refractivity contribution is 0.102. The number of benzene rings is 2. The molecular formula is C13H7ClF2NO. The van der Waals surface area contributed by atoms with Gasteiger partial charge in [0.05, 0.1) is 10.6 Å². The number of carbonyl (C=O) groups excluding carboxylic acids is 1. The third-order valence-corrected chi connectivity index (χ3v) is 2.51. The van der Waals surface area contributed by atoms with Crippen molar-refractivity contribution in [2.24, 2.45) is 0 Å². The van der Waals surface area contributed by atoms with Crippen LogP contribution in [-0.2, 0) is 0 Å². The van der Waals surface area contributed by atoms with Gasteiger partial charge in [0, 0.05) is 5.69 Å². The Kier molecular flexibility index (Phi) is 3.58. The average molecular weight is 267 g/mol. The van der Waals surface area contributed by atoms with E-state index >= 15 is 0 Å². The van der Waals surface area contributed by atoms with Gasteiger partial charge < -0.3 is 5.32 Å². The molecule has 5 heteroatoms. The second-order valence-corrected chi connectivity index (χ2v) is 3.90. The van der Waals surface area contributed by atoms with Crippen LogP contribution in [0.25, 0.3) is 0 Å². The lowest BCUT2D eigenvalue weighted by Gasteiger charge is -2.06. The molecule has 0 atom stereocenters. The quantitative estimate of drug-likeness (QED) is 0.826. The van der Waals surface area contributed by atoms with E-state index in [1.165, 1.54) is 6.07 Å². The van der Waals surface area contributed by atoms with Gasteiger partial charge >= 0.3 is 0 Å². The van der Waals surface area contributed by atoms with Gasteiger partial charge in [-0.2, -0.15) is 0 Å². The van der Waals surface area contributed by atoms with E-state index in [2.05, 4.69) is 11.4 Å². The summed E-state index contributed by atoms with van der Waals surface area (Å²) in [6.07, 6.45) is 0. The maximum absolute atomic E-state index is 13.5. The first-order valence-corrected chi connectivity index (χ1v) is 5.38. The molecule has 18 heavy (non-hydrogen) atoms. The first-order valence-electron chi connectivity index (χ1n) is 5.00. The zero-order valence-corrected chi connectivity index (χ0v) is 9.76. The molecule has 0 aliphatic heterocycles. The number of anilines is 1. The Labute approximate surface area is 107 Å². The maximum Gasteiger partial charge on any atom is 0.258 e. The topological polar surface area (TPSA) is 29.1 Å². The van der Waals surface area contributed by atoms with Crippen molar-refractivity contribution in [3.63, 3.8) is 0 Å². The molecule has 2 aromatic carbocycles. The highest BCUT2D eigenvalue weighted by atomic mass is 35.5. The van der Waals surface area contributed by atoms with Gasteiger partial charge in [-0.05, 0) is 30.3 Å². The van der Waals surface area contributed by atoms with Crippen molar-refractivity contribution in [2.45, 2.75) is 0 Å². The molecule has 0 aliphatic rings. The SMILES string of the molecule is O=C(Nc1c[c]ccc1)c1cc(F)c(Cl)cc1F. The Bertz CT molecular complexity index is 587. The first-order chi connectivity index (χ1) is 8.58. The highest BCUT2D eigenvalue weighted by Crippen LogP contribution is 2.20. The van der Waals surface area contributed by atoms with E-state index in [9.17, 15) is 13.6 Å². The van der Waals surface area contributed by atoms with Crippen molar-refractivity contribution >= 4 is 23.2 Å². The monoisotopic (exact) mass is 266 g/mol. The molecule has 0 spiro atoms. The molecule has 0 saturated carbocycles. The Hall–Kier alpha value is -1.94. The molecule has 0 saturated heterocycles. The fourth-order valence-electron chi connectivity index (χ4n) is 1.37. The van der Waals surface area contributed by atoms with Crippen LogP contribution in [0, 0.1) is 17.7 Å². The van der Waals surface area contributed by atoms with Crippen LogP contribution in [0.4, 0.5) is 14.5 Å². The number of halogens is 3. The first kappa shape index (κ1) is 12.5. The number of carbonyl (C=O) groups is 1. The fourth-order valence-corrected chi connectivity index (χ4v) is 1.52. The summed E-state index contributed by atoms with van der Waals surface area (Å²) in [5, 5.41) is 2.06. The second kappa shape index (κ2) is 5.14. The van der Waals surface area contributed by atoms with E-state index < -0.39 is 23.1 Å². The van der Waals surface area contributed by atoms with Gasteiger partial charge in [-0.1, -0.05) is 23.7 Å². The zero-order valence-electron chi connectivity index (χ0n) is 9.01. The summed E-state index contributed by atoms with van der Waals surface area (Å²) >= 11 is 5.40. The Balaban J connectivity index is 2.27. The highest BCUT2D eigenvalue weighted by molar-refractivity contribution is 6.30. The second-order valence-electron chi connectivity index (χ2n) is 3.49. The molecule has 2 rings (SSSR count). The molecule has 91 valence electrons. The van der Waals surface area contributed by atoms with Crippen LogP contribution in [0.2, 0.25) is 5.02 Å². The number of rotatable bonds is 2. The molecule has 0 aromatic heterocycles. The molecule has 2 nitrogen and oxygen atoms in total. The van der Waals surface area contributed by atoms with Crippen LogP contribution in [0.5, 0.6) is 0 Å². The van der Waals surface area contributed by atoms with Crippen LogP contribution < -0.4 is 5.32 Å². The van der Waals surface area contributed by atoms with E-state index in [1.54, 1.807) is 18.2 Å². The van der Waals surface area contributed by atoms with Gasteiger partial charge in [-0.15, -0.1) is 0 Å². The van der Waals surface area contributed by atoms with Gasteiger partial charge in [0.2, 0.25) is 0 Å². The van der Waals surface area contributed by atoms with E-state index in [0.717, 1.165) is 12.1 Å². The van der Waals surface area contributed by atoms with Crippen molar-refractivity contribution in [2.75, 3.05) is 5.32 Å². The minimum Gasteiger partial charge on any atom is -0.322 e. The number of hydrogen-bond donors (Lipinski definition) is 1. The lowest BCUT2D eigenvalue weighted by Crippen LogP contribution is -2.14. The van der Waals surface area contributed by atoms with E-state index in [1.807, 2.05) is 0 Å². The predicted molar refractivity (Wildman–Crippen MR) is 64.6 cm³/mol. The van der Waals surface area contributed by atoms with Crippen LogP contribution in [0.15, 0.2) is 36.4 Å². The lowest BCUT2D eigenvalue weighted by atomic mass is 10.2.